The van der Waals surface area contributed by atoms with Gasteiger partial charge in [0, 0.05) is 4.47 Å². The summed E-state index contributed by atoms with van der Waals surface area (Å²) in [5.41, 5.74) is 0.847. The summed E-state index contributed by atoms with van der Waals surface area (Å²) >= 11 is 8.32. The number of hydrogen-bond donors (Lipinski definition) is 1. The van der Waals surface area contributed by atoms with Crippen molar-refractivity contribution in [3.8, 4) is 0 Å². The van der Waals surface area contributed by atoms with Gasteiger partial charge in [-0.05, 0) is 36.8 Å². The van der Waals surface area contributed by atoms with Gasteiger partial charge in [-0.3, -0.25) is 9.89 Å². The monoisotopic (exact) mass is 324 g/mol. The highest BCUT2D eigenvalue weighted by atomic mass is 79.9. The SMILES string of the molecule is Cc1n[nH]c(=S)n(N=Cc2cccc(Br)c2)c1=O. The molecule has 0 aliphatic carbocycles. The van der Waals surface area contributed by atoms with Gasteiger partial charge in [-0.15, -0.1) is 0 Å². The molecule has 0 bridgehead atoms. The minimum atomic E-state index is -0.329. The Hall–Kier alpha value is -1.60. The van der Waals surface area contributed by atoms with Crippen LogP contribution in [0, 0.1) is 11.7 Å². The summed E-state index contributed by atoms with van der Waals surface area (Å²) in [5.74, 6) is 0. The highest BCUT2D eigenvalue weighted by molar-refractivity contribution is 9.10. The summed E-state index contributed by atoms with van der Waals surface area (Å²) in [5, 5.41) is 10.4. The third kappa shape index (κ3) is 2.80. The number of aryl methyl sites for hydroxylation is 1. The van der Waals surface area contributed by atoms with E-state index in [-0.39, 0.29) is 10.3 Å². The Morgan fingerprint density at radius 2 is 2.33 bits per heavy atom. The summed E-state index contributed by atoms with van der Waals surface area (Å²) in [6.07, 6.45) is 1.56. The normalized spacial score (nSPS) is 11.0. The van der Waals surface area contributed by atoms with Gasteiger partial charge in [-0.1, -0.05) is 28.1 Å². The lowest BCUT2D eigenvalue weighted by Gasteiger charge is -1.99. The van der Waals surface area contributed by atoms with Crippen LogP contribution in [0.4, 0.5) is 0 Å². The Labute approximate surface area is 116 Å². The fraction of sp³-hybridized carbons (Fsp3) is 0.0909. The summed E-state index contributed by atoms with van der Waals surface area (Å²) in [6.45, 7) is 1.60. The van der Waals surface area contributed by atoms with Crippen LogP contribution in [0.15, 0.2) is 38.6 Å². The first-order chi connectivity index (χ1) is 8.58. The Kier molecular flexibility index (Phi) is 3.83. The van der Waals surface area contributed by atoms with E-state index in [0.717, 1.165) is 14.7 Å². The van der Waals surface area contributed by atoms with Gasteiger partial charge >= 0.3 is 0 Å². The standard InChI is InChI=1S/C11H9BrN4OS/c1-7-10(17)16(11(18)15-14-7)13-6-8-3-2-4-9(12)5-8/h2-6H,1H3,(H,15,18). The minimum Gasteiger partial charge on any atom is -0.265 e. The minimum absolute atomic E-state index is 0.164. The molecule has 5 nitrogen and oxygen atoms in total. The number of benzene rings is 1. The molecule has 0 amide bonds. The van der Waals surface area contributed by atoms with Crippen LogP contribution in [0.25, 0.3) is 0 Å². The number of rotatable bonds is 2. The second kappa shape index (κ2) is 5.36. The van der Waals surface area contributed by atoms with Crippen LogP contribution in [-0.2, 0) is 0 Å². The Balaban J connectivity index is 2.44. The fourth-order valence-corrected chi connectivity index (χ4v) is 1.88. The van der Waals surface area contributed by atoms with Crippen molar-refractivity contribution < 1.29 is 0 Å². The molecule has 0 saturated carbocycles. The molecule has 0 spiro atoms. The van der Waals surface area contributed by atoms with Gasteiger partial charge in [0.15, 0.2) is 0 Å². The lowest BCUT2D eigenvalue weighted by Crippen LogP contribution is -2.22. The molecule has 0 fully saturated rings. The topological polar surface area (TPSA) is 63.0 Å². The number of aromatic nitrogens is 3. The molecule has 0 unspecified atom stereocenters. The molecule has 18 heavy (non-hydrogen) atoms. The molecule has 92 valence electrons. The van der Waals surface area contributed by atoms with Crippen molar-refractivity contribution in [2.45, 2.75) is 6.92 Å². The van der Waals surface area contributed by atoms with Crippen molar-refractivity contribution in [1.29, 1.82) is 0 Å². The largest absolute Gasteiger partial charge is 0.296 e. The predicted octanol–water partition coefficient (Wildman–Crippen LogP) is 2.25. The molecule has 0 radical (unpaired) electrons. The number of hydrogen-bond acceptors (Lipinski definition) is 4. The number of nitrogens with one attached hydrogen (secondary N) is 1. The van der Waals surface area contributed by atoms with Crippen molar-refractivity contribution in [2.75, 3.05) is 0 Å². The van der Waals surface area contributed by atoms with E-state index < -0.39 is 0 Å². The molecular weight excluding hydrogens is 316 g/mol. The van der Waals surface area contributed by atoms with E-state index in [1.165, 1.54) is 0 Å². The Morgan fingerprint density at radius 3 is 3.06 bits per heavy atom. The van der Waals surface area contributed by atoms with Gasteiger partial charge in [0.1, 0.15) is 5.69 Å². The molecule has 0 atom stereocenters. The first kappa shape index (κ1) is 12.8. The molecule has 1 heterocycles. The van der Waals surface area contributed by atoms with Gasteiger partial charge in [-0.25, -0.2) is 0 Å². The average molecular weight is 325 g/mol. The maximum absolute atomic E-state index is 11.8. The highest BCUT2D eigenvalue weighted by Gasteiger charge is 2.00. The van der Waals surface area contributed by atoms with Gasteiger partial charge in [0.05, 0.1) is 6.21 Å². The van der Waals surface area contributed by atoms with Crippen LogP contribution in [-0.4, -0.2) is 21.1 Å². The average Bonchev–Trinajstić information content (AvgIpc) is 2.34. The van der Waals surface area contributed by atoms with E-state index in [2.05, 4.69) is 31.2 Å². The second-order valence-corrected chi connectivity index (χ2v) is 4.83. The van der Waals surface area contributed by atoms with E-state index in [4.69, 9.17) is 12.2 Å². The van der Waals surface area contributed by atoms with E-state index >= 15 is 0 Å². The van der Waals surface area contributed by atoms with Crippen LogP contribution in [0.1, 0.15) is 11.3 Å². The first-order valence-corrected chi connectivity index (χ1v) is 6.26. The van der Waals surface area contributed by atoms with E-state index in [9.17, 15) is 4.79 Å². The molecule has 0 aliphatic heterocycles. The summed E-state index contributed by atoms with van der Waals surface area (Å²) in [6, 6.07) is 7.55. The number of aromatic amines is 1. The zero-order valence-corrected chi connectivity index (χ0v) is 11.8. The van der Waals surface area contributed by atoms with Gasteiger partial charge < -0.3 is 0 Å². The first-order valence-electron chi connectivity index (χ1n) is 5.06. The van der Waals surface area contributed by atoms with Gasteiger partial charge in [-0.2, -0.15) is 14.9 Å². The van der Waals surface area contributed by atoms with Crippen LogP contribution < -0.4 is 5.56 Å². The summed E-state index contributed by atoms with van der Waals surface area (Å²) in [4.78, 5) is 11.8. The fourth-order valence-electron chi connectivity index (χ4n) is 1.29. The van der Waals surface area contributed by atoms with Crippen molar-refractivity contribution in [2.24, 2.45) is 5.10 Å². The number of halogens is 1. The predicted molar refractivity (Wildman–Crippen MR) is 75.6 cm³/mol. The zero-order valence-electron chi connectivity index (χ0n) is 9.42. The summed E-state index contributed by atoms with van der Waals surface area (Å²) in [7, 11) is 0. The molecule has 0 aliphatic rings. The number of nitrogens with zero attached hydrogens (tertiary/aromatic N) is 3. The van der Waals surface area contributed by atoms with Crippen molar-refractivity contribution >= 4 is 34.4 Å². The van der Waals surface area contributed by atoms with Crippen LogP contribution in [0.5, 0.6) is 0 Å². The van der Waals surface area contributed by atoms with Crippen molar-refractivity contribution in [3.63, 3.8) is 0 Å². The zero-order chi connectivity index (χ0) is 13.1. The van der Waals surface area contributed by atoms with Crippen LogP contribution >= 0.6 is 28.1 Å². The lowest BCUT2D eigenvalue weighted by atomic mass is 10.2. The quantitative estimate of drug-likeness (QED) is 0.680. The lowest BCUT2D eigenvalue weighted by molar-refractivity contribution is 0.720. The third-order valence-corrected chi connectivity index (χ3v) is 2.94. The molecule has 2 rings (SSSR count). The molecular formula is C11H9BrN4OS. The Morgan fingerprint density at radius 1 is 1.56 bits per heavy atom. The molecule has 7 heteroatoms. The summed E-state index contributed by atoms with van der Waals surface area (Å²) < 4.78 is 2.21. The number of H-pyrrole nitrogens is 1. The van der Waals surface area contributed by atoms with Crippen LogP contribution in [0.3, 0.4) is 0 Å². The van der Waals surface area contributed by atoms with Crippen molar-refractivity contribution in [1.82, 2.24) is 14.9 Å². The smallest absolute Gasteiger partial charge is 0.265 e. The maximum atomic E-state index is 11.8. The maximum Gasteiger partial charge on any atom is 0.296 e. The molecule has 1 aromatic carbocycles. The van der Waals surface area contributed by atoms with E-state index in [1.807, 2.05) is 24.3 Å². The molecule has 0 saturated heterocycles. The van der Waals surface area contributed by atoms with E-state index in [0.29, 0.717) is 5.69 Å². The third-order valence-electron chi connectivity index (χ3n) is 2.18. The Bertz CT molecular complexity index is 719. The van der Waals surface area contributed by atoms with Crippen molar-refractivity contribution in [3.05, 3.63) is 55.1 Å². The second-order valence-electron chi connectivity index (χ2n) is 3.53. The van der Waals surface area contributed by atoms with E-state index in [1.54, 1.807) is 13.1 Å². The molecule has 1 aromatic heterocycles. The van der Waals surface area contributed by atoms with Crippen LogP contribution in [0.2, 0.25) is 0 Å². The van der Waals surface area contributed by atoms with Gasteiger partial charge in [0.2, 0.25) is 4.77 Å². The van der Waals surface area contributed by atoms with Gasteiger partial charge in [0.25, 0.3) is 5.56 Å². The molecule has 2 aromatic rings. The molecule has 1 N–H and O–H groups in total. The highest BCUT2D eigenvalue weighted by Crippen LogP contribution is 2.09.